The molecule has 0 radical (unpaired) electrons. The van der Waals surface area contributed by atoms with Crippen LogP contribution in [0.3, 0.4) is 0 Å². The highest BCUT2D eigenvalue weighted by Crippen LogP contribution is 2.41. The van der Waals surface area contributed by atoms with E-state index in [-0.39, 0.29) is 5.56 Å². The van der Waals surface area contributed by atoms with Gasteiger partial charge in [-0.05, 0) is 48.4 Å². The summed E-state index contributed by atoms with van der Waals surface area (Å²) in [4.78, 5) is 18.0. The molecule has 108 valence electrons. The van der Waals surface area contributed by atoms with E-state index >= 15 is 0 Å². The molecular weight excluding hydrogens is 288 g/mol. The fraction of sp³-hybridized carbons (Fsp3) is 0.600. The summed E-state index contributed by atoms with van der Waals surface area (Å²) < 4.78 is 2.05. The van der Waals surface area contributed by atoms with Gasteiger partial charge in [0.05, 0.1) is 5.39 Å². The summed E-state index contributed by atoms with van der Waals surface area (Å²) in [5, 5.41) is 0.869. The molecule has 0 aromatic carbocycles. The van der Waals surface area contributed by atoms with Crippen LogP contribution in [-0.4, -0.2) is 9.55 Å². The lowest BCUT2D eigenvalue weighted by atomic mass is 9.72. The maximum absolute atomic E-state index is 12.4. The van der Waals surface area contributed by atoms with Crippen molar-refractivity contribution in [1.82, 2.24) is 9.55 Å². The van der Waals surface area contributed by atoms with Crippen molar-refractivity contribution in [3.05, 3.63) is 25.6 Å². The summed E-state index contributed by atoms with van der Waals surface area (Å²) in [6.45, 7) is 6.92. The Morgan fingerprint density at radius 1 is 1.40 bits per heavy atom. The number of hydrogen-bond donors (Lipinski definition) is 1. The molecule has 3 nitrogen and oxygen atoms in total. The molecule has 0 saturated carbocycles. The fourth-order valence-electron chi connectivity index (χ4n) is 3.08. The predicted molar refractivity (Wildman–Crippen MR) is 87.2 cm³/mol. The number of aromatic nitrogens is 2. The minimum Gasteiger partial charge on any atom is -0.323 e. The molecule has 2 aromatic rings. The van der Waals surface area contributed by atoms with E-state index in [0.29, 0.717) is 16.1 Å². The lowest BCUT2D eigenvalue weighted by Gasteiger charge is -2.33. The highest BCUT2D eigenvalue weighted by molar-refractivity contribution is 7.71. The van der Waals surface area contributed by atoms with Gasteiger partial charge in [-0.3, -0.25) is 9.36 Å². The molecule has 3 rings (SSSR count). The lowest BCUT2D eigenvalue weighted by Crippen LogP contribution is -2.26. The monoisotopic (exact) mass is 308 g/mol. The van der Waals surface area contributed by atoms with Crippen LogP contribution in [0.15, 0.2) is 4.79 Å². The molecule has 1 aliphatic carbocycles. The van der Waals surface area contributed by atoms with E-state index < -0.39 is 0 Å². The Kier molecular flexibility index (Phi) is 3.18. The van der Waals surface area contributed by atoms with Gasteiger partial charge in [0.25, 0.3) is 5.56 Å². The summed E-state index contributed by atoms with van der Waals surface area (Å²) >= 11 is 6.93. The zero-order chi connectivity index (χ0) is 14.7. The Morgan fingerprint density at radius 2 is 2.10 bits per heavy atom. The van der Waals surface area contributed by atoms with E-state index in [2.05, 4.69) is 25.8 Å². The van der Waals surface area contributed by atoms with Gasteiger partial charge in [0.2, 0.25) is 0 Å². The minimum atomic E-state index is 0.0514. The van der Waals surface area contributed by atoms with Crippen molar-refractivity contribution < 1.29 is 0 Å². The third kappa shape index (κ3) is 2.07. The molecule has 0 saturated heterocycles. The van der Waals surface area contributed by atoms with Crippen LogP contribution in [0.25, 0.3) is 10.2 Å². The van der Waals surface area contributed by atoms with Gasteiger partial charge in [-0.25, -0.2) is 0 Å². The second kappa shape index (κ2) is 4.53. The molecule has 0 spiro atoms. The van der Waals surface area contributed by atoms with Crippen LogP contribution in [0, 0.1) is 16.1 Å². The Labute approximate surface area is 127 Å². The van der Waals surface area contributed by atoms with Crippen molar-refractivity contribution in [3.8, 4) is 0 Å². The minimum absolute atomic E-state index is 0.0514. The number of thiophene rings is 1. The van der Waals surface area contributed by atoms with Gasteiger partial charge in [-0.15, -0.1) is 11.3 Å². The van der Waals surface area contributed by atoms with Crippen molar-refractivity contribution >= 4 is 33.8 Å². The fourth-order valence-corrected chi connectivity index (χ4v) is 4.65. The number of hydrogen-bond acceptors (Lipinski definition) is 3. The first-order chi connectivity index (χ1) is 9.29. The van der Waals surface area contributed by atoms with Gasteiger partial charge in [-0.1, -0.05) is 20.8 Å². The lowest BCUT2D eigenvalue weighted by molar-refractivity contribution is 0.218. The Hall–Kier alpha value is -0.940. The maximum Gasteiger partial charge on any atom is 0.263 e. The summed E-state index contributed by atoms with van der Waals surface area (Å²) in [5.41, 5.74) is 1.64. The standard InChI is InChI=1S/C15H20N2OS2/c1-15(2,3)8-5-6-9-10(7-8)20-12-11(9)13(18)17(4)14(19)16-12/h8H,5-7H2,1-4H3,(H,16,19)/t8-/m1/s1. The molecule has 0 bridgehead atoms. The Bertz CT molecular complexity index is 789. The van der Waals surface area contributed by atoms with Gasteiger partial charge in [0.1, 0.15) is 4.83 Å². The Balaban J connectivity index is 2.20. The molecule has 1 atom stereocenters. The van der Waals surface area contributed by atoms with Crippen molar-refractivity contribution in [1.29, 1.82) is 0 Å². The molecule has 2 aromatic heterocycles. The van der Waals surface area contributed by atoms with Crippen LogP contribution < -0.4 is 5.56 Å². The number of nitrogens with one attached hydrogen (secondary N) is 1. The predicted octanol–water partition coefficient (Wildman–Crippen LogP) is 3.81. The van der Waals surface area contributed by atoms with Crippen LogP contribution in [-0.2, 0) is 19.9 Å². The van der Waals surface area contributed by atoms with Crippen molar-refractivity contribution in [2.75, 3.05) is 0 Å². The summed E-state index contributed by atoms with van der Waals surface area (Å²) in [6, 6.07) is 0. The molecule has 0 aliphatic heterocycles. The molecule has 0 unspecified atom stereocenters. The summed E-state index contributed by atoms with van der Waals surface area (Å²) in [6.07, 6.45) is 3.26. The molecule has 5 heteroatoms. The summed E-state index contributed by atoms with van der Waals surface area (Å²) in [5.74, 6) is 0.690. The zero-order valence-electron chi connectivity index (χ0n) is 12.4. The number of aromatic amines is 1. The summed E-state index contributed by atoms with van der Waals surface area (Å²) in [7, 11) is 1.74. The molecular formula is C15H20N2OS2. The zero-order valence-corrected chi connectivity index (χ0v) is 14.0. The second-order valence-corrected chi connectivity index (χ2v) is 8.30. The van der Waals surface area contributed by atoms with Crippen molar-refractivity contribution in [3.63, 3.8) is 0 Å². The van der Waals surface area contributed by atoms with E-state index in [1.165, 1.54) is 16.9 Å². The van der Waals surface area contributed by atoms with E-state index in [0.717, 1.165) is 23.1 Å². The SMILES string of the molecule is Cn1c(=S)[nH]c2sc3c(c2c1=O)CC[C@@H](C(C)(C)C)C3. The largest absolute Gasteiger partial charge is 0.323 e. The molecule has 1 aliphatic rings. The highest BCUT2D eigenvalue weighted by Gasteiger charge is 2.31. The smallest absolute Gasteiger partial charge is 0.263 e. The van der Waals surface area contributed by atoms with Gasteiger partial charge in [0.15, 0.2) is 4.77 Å². The number of rotatable bonds is 0. The van der Waals surface area contributed by atoms with Crippen molar-refractivity contribution in [2.45, 2.75) is 40.0 Å². The maximum atomic E-state index is 12.4. The van der Waals surface area contributed by atoms with Crippen LogP contribution in [0.1, 0.15) is 37.6 Å². The number of aryl methyl sites for hydroxylation is 1. The molecule has 2 heterocycles. The third-order valence-electron chi connectivity index (χ3n) is 4.53. The first-order valence-corrected chi connectivity index (χ1v) is 8.25. The molecule has 20 heavy (non-hydrogen) atoms. The molecule has 0 fully saturated rings. The molecule has 1 N–H and O–H groups in total. The van der Waals surface area contributed by atoms with E-state index in [1.807, 2.05) is 0 Å². The van der Waals surface area contributed by atoms with Gasteiger partial charge >= 0.3 is 0 Å². The normalized spacial score (nSPS) is 19.3. The van der Waals surface area contributed by atoms with E-state index in [4.69, 9.17) is 12.2 Å². The average Bonchev–Trinajstić information content (AvgIpc) is 2.71. The van der Waals surface area contributed by atoms with Crippen LogP contribution >= 0.6 is 23.6 Å². The Morgan fingerprint density at radius 3 is 2.75 bits per heavy atom. The number of nitrogens with zero attached hydrogens (tertiary/aromatic N) is 1. The number of H-pyrrole nitrogens is 1. The number of fused-ring (bicyclic) bond motifs is 3. The van der Waals surface area contributed by atoms with Crippen LogP contribution in [0.4, 0.5) is 0 Å². The quantitative estimate of drug-likeness (QED) is 0.752. The second-order valence-electron chi connectivity index (χ2n) is 6.81. The van der Waals surface area contributed by atoms with Gasteiger partial charge < -0.3 is 4.98 Å². The van der Waals surface area contributed by atoms with Crippen LogP contribution in [0.5, 0.6) is 0 Å². The van der Waals surface area contributed by atoms with Gasteiger partial charge in [0, 0.05) is 11.9 Å². The van der Waals surface area contributed by atoms with E-state index in [1.54, 1.807) is 23.0 Å². The average molecular weight is 308 g/mol. The highest BCUT2D eigenvalue weighted by atomic mass is 32.1. The van der Waals surface area contributed by atoms with Crippen molar-refractivity contribution in [2.24, 2.45) is 18.4 Å². The van der Waals surface area contributed by atoms with Crippen LogP contribution in [0.2, 0.25) is 0 Å². The van der Waals surface area contributed by atoms with Gasteiger partial charge in [-0.2, -0.15) is 0 Å². The third-order valence-corrected chi connectivity index (χ3v) is 6.08. The van der Waals surface area contributed by atoms with E-state index in [9.17, 15) is 4.79 Å². The first-order valence-electron chi connectivity index (χ1n) is 7.02. The topological polar surface area (TPSA) is 37.8 Å². The molecule has 0 amide bonds. The first kappa shape index (κ1) is 14.0.